The Hall–Kier alpha value is -1.78. The number of alkyl carbamates (subject to hydrolysis) is 1. The molecule has 4 unspecified atom stereocenters. The van der Waals surface area contributed by atoms with Crippen LogP contribution in [-0.4, -0.2) is 41.9 Å². The van der Waals surface area contributed by atoms with E-state index in [4.69, 9.17) is 21.3 Å². The van der Waals surface area contributed by atoms with E-state index in [1.807, 2.05) is 0 Å². The van der Waals surface area contributed by atoms with Gasteiger partial charge >= 0.3 is 12.1 Å². The maximum Gasteiger partial charge on any atom is 0.407 e. The van der Waals surface area contributed by atoms with E-state index in [9.17, 15) is 9.59 Å². The van der Waals surface area contributed by atoms with Crippen LogP contribution in [0.25, 0.3) is 0 Å². The first-order valence-electron chi connectivity index (χ1n) is 8.58. The molecule has 0 aromatic carbocycles. The maximum atomic E-state index is 11.7. The molecule has 0 saturated heterocycles. The molecule has 2 aliphatic carbocycles. The average Bonchev–Trinajstić information content (AvgIpc) is 3.06. The fourth-order valence-electron chi connectivity index (χ4n) is 3.44. The summed E-state index contributed by atoms with van der Waals surface area (Å²) in [5, 5.41) is 11.3. The summed E-state index contributed by atoms with van der Waals surface area (Å²) < 4.78 is 5.28. The van der Waals surface area contributed by atoms with E-state index < -0.39 is 18.1 Å². The summed E-state index contributed by atoms with van der Waals surface area (Å²) in [7, 11) is 0. The fraction of sp³-hybridized carbons (Fsp3) is 0.765. The van der Waals surface area contributed by atoms with E-state index in [-0.39, 0.29) is 11.5 Å². The lowest BCUT2D eigenvalue weighted by Crippen LogP contribution is -2.31. The molecule has 24 heavy (non-hydrogen) atoms. The Bertz CT molecular complexity index is 528. The molecule has 0 heterocycles. The van der Waals surface area contributed by atoms with Gasteiger partial charge in [0.2, 0.25) is 0 Å². The molecule has 1 amide bonds. The summed E-state index contributed by atoms with van der Waals surface area (Å²) in [5.41, 5.74) is 11.6. The number of unbranched alkanes of at least 4 members (excludes halogenated alkanes) is 1. The van der Waals surface area contributed by atoms with Gasteiger partial charge in [-0.15, -0.1) is 11.8 Å². The molecule has 1 saturated carbocycles. The Balaban J connectivity index is 1.57. The zero-order valence-electron chi connectivity index (χ0n) is 13.9. The molecule has 0 aromatic rings. The lowest BCUT2D eigenvalue weighted by Gasteiger charge is -2.11. The predicted molar refractivity (Wildman–Crippen MR) is 89.0 cm³/mol. The third-order valence-corrected chi connectivity index (χ3v) is 5.07. The number of carboxylic acid groups (broad SMARTS) is 1. The van der Waals surface area contributed by atoms with Gasteiger partial charge in [-0.2, -0.15) is 0 Å². The molecule has 0 radical (unpaired) electrons. The van der Waals surface area contributed by atoms with Gasteiger partial charge in [0.1, 0.15) is 6.04 Å². The summed E-state index contributed by atoms with van der Waals surface area (Å²) in [6.45, 7) is 0.789. The molecule has 4 atom stereocenters. The second-order valence-corrected chi connectivity index (χ2v) is 6.68. The van der Waals surface area contributed by atoms with Crippen LogP contribution >= 0.6 is 0 Å². The normalized spacial score (nSPS) is 29.1. The van der Waals surface area contributed by atoms with E-state index >= 15 is 0 Å². The number of fused-ring (bicyclic) bond motifs is 1. The lowest BCUT2D eigenvalue weighted by molar-refractivity contribution is -0.138. The van der Waals surface area contributed by atoms with E-state index in [2.05, 4.69) is 17.2 Å². The van der Waals surface area contributed by atoms with E-state index in [0.29, 0.717) is 38.3 Å². The molecular weight excluding hydrogens is 310 g/mol. The minimum Gasteiger partial charge on any atom is -0.480 e. The van der Waals surface area contributed by atoms with Crippen molar-refractivity contribution in [2.75, 3.05) is 13.2 Å². The van der Waals surface area contributed by atoms with Gasteiger partial charge in [0.15, 0.2) is 0 Å². The van der Waals surface area contributed by atoms with Crippen molar-refractivity contribution < 1.29 is 19.4 Å². The highest BCUT2D eigenvalue weighted by Gasteiger charge is 2.61. The number of ether oxygens (including phenoxy) is 1. The number of nitrogens with one attached hydrogen (secondary N) is 1. The maximum absolute atomic E-state index is 11.7. The summed E-state index contributed by atoms with van der Waals surface area (Å²) in [5.74, 6) is 5.87. The third kappa shape index (κ3) is 4.86. The number of aliphatic carboxylic acids is 1. The smallest absolute Gasteiger partial charge is 0.407 e. The first-order valence-corrected chi connectivity index (χ1v) is 8.58. The van der Waals surface area contributed by atoms with Crippen LogP contribution in [-0.2, 0) is 9.53 Å². The topological polar surface area (TPSA) is 128 Å². The number of rotatable bonds is 8. The molecule has 7 nitrogen and oxygen atoms in total. The minimum absolute atomic E-state index is 0.220. The highest BCUT2D eigenvalue weighted by molar-refractivity contribution is 5.72. The van der Waals surface area contributed by atoms with E-state index in [1.54, 1.807) is 0 Å². The van der Waals surface area contributed by atoms with Crippen molar-refractivity contribution in [2.45, 2.75) is 56.5 Å². The van der Waals surface area contributed by atoms with Crippen molar-refractivity contribution in [2.24, 2.45) is 23.3 Å². The quantitative estimate of drug-likeness (QED) is 0.383. The summed E-state index contributed by atoms with van der Waals surface area (Å²) in [4.78, 5) is 22.3. The van der Waals surface area contributed by atoms with Crippen LogP contribution in [0.3, 0.4) is 0 Å². The molecule has 7 heteroatoms. The van der Waals surface area contributed by atoms with Gasteiger partial charge in [0.25, 0.3) is 0 Å². The van der Waals surface area contributed by atoms with Gasteiger partial charge in [-0.25, -0.2) is 4.79 Å². The Morgan fingerprint density at radius 2 is 2.08 bits per heavy atom. The van der Waals surface area contributed by atoms with Crippen LogP contribution in [0.15, 0.2) is 0 Å². The van der Waals surface area contributed by atoms with Crippen LogP contribution in [0.4, 0.5) is 4.79 Å². The van der Waals surface area contributed by atoms with Crippen LogP contribution in [0.1, 0.15) is 44.9 Å². The number of hydrogen-bond donors (Lipinski definition) is 4. The number of carbonyl (C=O) groups is 2. The van der Waals surface area contributed by atoms with Crippen LogP contribution in [0.5, 0.6) is 0 Å². The molecule has 1 fully saturated rings. The molecule has 0 aliphatic heterocycles. The van der Waals surface area contributed by atoms with Gasteiger partial charge in [-0.05, 0) is 38.0 Å². The Labute approximate surface area is 142 Å². The zero-order valence-corrected chi connectivity index (χ0v) is 13.9. The standard InChI is InChI=1S/C17H27N3O4/c18-14(15(21)22)8-4-6-10-20-16(23)24-11-13-12-7-3-1-2-5-9-17(12,13)19/h12-14H,3-11,18-19H2,(H,20,23)(H,21,22). The van der Waals surface area contributed by atoms with Gasteiger partial charge in [-0.3, -0.25) is 4.79 Å². The average molecular weight is 337 g/mol. The Kier molecular flexibility index (Phi) is 6.46. The zero-order chi connectivity index (χ0) is 17.6. The monoisotopic (exact) mass is 337 g/mol. The highest BCUT2D eigenvalue weighted by atomic mass is 16.5. The van der Waals surface area contributed by atoms with Gasteiger partial charge in [-0.1, -0.05) is 0 Å². The molecule has 6 N–H and O–H groups in total. The number of carboxylic acids is 1. The summed E-state index contributed by atoms with van der Waals surface area (Å²) in [6, 6.07) is -0.840. The van der Waals surface area contributed by atoms with E-state index in [1.165, 1.54) is 0 Å². The largest absolute Gasteiger partial charge is 0.480 e. The molecule has 2 rings (SSSR count). The van der Waals surface area contributed by atoms with Gasteiger partial charge < -0.3 is 26.6 Å². The number of hydrogen-bond acceptors (Lipinski definition) is 5. The first-order chi connectivity index (χ1) is 11.4. The SMILES string of the molecule is NC(CCCCNC(=O)OCC1C2CCC#CCCC21N)C(=O)O. The highest BCUT2D eigenvalue weighted by Crippen LogP contribution is 2.54. The van der Waals surface area contributed by atoms with E-state index in [0.717, 1.165) is 25.7 Å². The van der Waals surface area contributed by atoms with Crippen molar-refractivity contribution in [3.8, 4) is 11.8 Å². The van der Waals surface area contributed by atoms with Crippen LogP contribution in [0.2, 0.25) is 0 Å². The molecule has 0 bridgehead atoms. The van der Waals surface area contributed by atoms with Crippen molar-refractivity contribution in [1.82, 2.24) is 5.32 Å². The van der Waals surface area contributed by atoms with Gasteiger partial charge in [0, 0.05) is 30.8 Å². The predicted octanol–water partition coefficient (Wildman–Crippen LogP) is 0.816. The summed E-state index contributed by atoms with van der Waals surface area (Å²) >= 11 is 0. The molecule has 2 aliphatic rings. The first kappa shape index (κ1) is 18.6. The Morgan fingerprint density at radius 3 is 2.83 bits per heavy atom. The molecule has 0 spiro atoms. The number of carbonyl (C=O) groups excluding carboxylic acids is 1. The molecular formula is C17H27N3O4. The van der Waals surface area contributed by atoms with Crippen LogP contribution < -0.4 is 16.8 Å². The van der Waals surface area contributed by atoms with Gasteiger partial charge in [0.05, 0.1) is 6.61 Å². The van der Waals surface area contributed by atoms with Crippen molar-refractivity contribution in [3.05, 3.63) is 0 Å². The van der Waals surface area contributed by atoms with Crippen molar-refractivity contribution in [1.29, 1.82) is 0 Å². The third-order valence-electron chi connectivity index (χ3n) is 5.07. The lowest BCUT2D eigenvalue weighted by atomic mass is 10.0. The van der Waals surface area contributed by atoms with Crippen molar-refractivity contribution in [3.63, 3.8) is 0 Å². The molecule has 134 valence electrons. The fourth-order valence-corrected chi connectivity index (χ4v) is 3.44. The molecule has 0 aromatic heterocycles. The second kappa shape index (κ2) is 8.36. The second-order valence-electron chi connectivity index (χ2n) is 6.68. The number of amides is 1. The Morgan fingerprint density at radius 1 is 1.33 bits per heavy atom. The number of nitrogens with two attached hydrogens (primary N) is 2. The summed E-state index contributed by atoms with van der Waals surface area (Å²) in [6.07, 6.45) is 4.78. The van der Waals surface area contributed by atoms with Crippen LogP contribution in [0, 0.1) is 23.7 Å². The van der Waals surface area contributed by atoms with Crippen molar-refractivity contribution >= 4 is 12.1 Å². The minimum atomic E-state index is -0.999.